The highest BCUT2D eigenvalue weighted by Crippen LogP contribution is 2.33. The Balaban J connectivity index is 2.43. The van der Waals surface area contributed by atoms with Gasteiger partial charge in [-0.15, -0.1) is 11.3 Å². The molecule has 2 rings (SSSR count). The fourth-order valence-electron chi connectivity index (χ4n) is 1.84. The van der Waals surface area contributed by atoms with Gasteiger partial charge in [0, 0.05) is 5.56 Å². The van der Waals surface area contributed by atoms with Crippen LogP contribution in [0.25, 0.3) is 11.3 Å². The number of rotatable bonds is 4. The standard InChI is InChI=1S/C14H12F3NO2S/c1-2-3-10-18-11(12(21-10)13(19)20)8-4-6-9(7-5-8)14(15,16)17/h4-7H,2-3H2,1H3,(H,19,20). The molecular formula is C14H12F3NO2S. The van der Waals surface area contributed by atoms with Crippen molar-refractivity contribution in [2.24, 2.45) is 0 Å². The lowest BCUT2D eigenvalue weighted by molar-refractivity contribution is -0.137. The summed E-state index contributed by atoms with van der Waals surface area (Å²) in [4.78, 5) is 15.5. The number of benzene rings is 1. The fraction of sp³-hybridized carbons (Fsp3) is 0.286. The zero-order chi connectivity index (χ0) is 15.6. The maximum atomic E-state index is 12.5. The molecule has 1 aromatic carbocycles. The monoisotopic (exact) mass is 315 g/mol. The minimum atomic E-state index is -4.41. The van der Waals surface area contributed by atoms with Crippen molar-refractivity contribution >= 4 is 17.3 Å². The number of aryl methyl sites for hydroxylation is 1. The average Bonchev–Trinajstić information content (AvgIpc) is 2.82. The van der Waals surface area contributed by atoms with Crippen LogP contribution in [0.2, 0.25) is 0 Å². The summed E-state index contributed by atoms with van der Waals surface area (Å²) >= 11 is 1.06. The summed E-state index contributed by atoms with van der Waals surface area (Å²) in [5, 5.41) is 9.85. The van der Waals surface area contributed by atoms with Gasteiger partial charge in [0.25, 0.3) is 0 Å². The molecule has 0 aliphatic rings. The summed E-state index contributed by atoms with van der Waals surface area (Å²) in [5.74, 6) is -1.12. The van der Waals surface area contributed by atoms with Gasteiger partial charge in [0.15, 0.2) is 0 Å². The van der Waals surface area contributed by atoms with E-state index in [2.05, 4.69) is 4.98 Å². The first kappa shape index (κ1) is 15.5. The largest absolute Gasteiger partial charge is 0.477 e. The van der Waals surface area contributed by atoms with Crippen LogP contribution in [0.4, 0.5) is 13.2 Å². The molecular weight excluding hydrogens is 303 g/mol. The van der Waals surface area contributed by atoms with Crippen molar-refractivity contribution in [1.29, 1.82) is 0 Å². The minimum absolute atomic E-state index is 0.0539. The Bertz CT molecular complexity index is 647. The third kappa shape index (κ3) is 3.41. The number of hydrogen-bond donors (Lipinski definition) is 1. The molecule has 112 valence electrons. The van der Waals surface area contributed by atoms with Gasteiger partial charge in [0.1, 0.15) is 4.88 Å². The zero-order valence-electron chi connectivity index (χ0n) is 11.1. The number of alkyl halides is 3. The summed E-state index contributed by atoms with van der Waals surface area (Å²) in [6, 6.07) is 4.36. The van der Waals surface area contributed by atoms with E-state index in [0.717, 1.165) is 29.9 Å². The van der Waals surface area contributed by atoms with Gasteiger partial charge in [-0.25, -0.2) is 9.78 Å². The molecule has 0 aliphatic carbocycles. The van der Waals surface area contributed by atoms with Gasteiger partial charge in [0.05, 0.1) is 16.3 Å². The highest BCUT2D eigenvalue weighted by atomic mass is 32.1. The Kier molecular flexibility index (Phi) is 4.32. The first-order chi connectivity index (χ1) is 9.82. The van der Waals surface area contributed by atoms with E-state index < -0.39 is 17.7 Å². The molecule has 0 aliphatic heterocycles. The molecule has 0 radical (unpaired) electrons. The number of carboxylic acids is 1. The first-order valence-electron chi connectivity index (χ1n) is 6.23. The number of nitrogens with zero attached hydrogens (tertiary/aromatic N) is 1. The zero-order valence-corrected chi connectivity index (χ0v) is 11.9. The van der Waals surface area contributed by atoms with Gasteiger partial charge < -0.3 is 5.11 Å². The van der Waals surface area contributed by atoms with Crippen molar-refractivity contribution in [3.05, 3.63) is 39.7 Å². The minimum Gasteiger partial charge on any atom is -0.477 e. The molecule has 0 amide bonds. The Morgan fingerprint density at radius 2 is 1.90 bits per heavy atom. The highest BCUT2D eigenvalue weighted by Gasteiger charge is 2.30. The van der Waals surface area contributed by atoms with Gasteiger partial charge in [-0.2, -0.15) is 13.2 Å². The molecule has 1 N–H and O–H groups in total. The third-order valence-corrected chi connectivity index (χ3v) is 3.92. The molecule has 0 bridgehead atoms. The Morgan fingerprint density at radius 1 is 1.29 bits per heavy atom. The van der Waals surface area contributed by atoms with Crippen LogP contribution in [0, 0.1) is 0 Å². The first-order valence-corrected chi connectivity index (χ1v) is 7.05. The van der Waals surface area contributed by atoms with Crippen LogP contribution < -0.4 is 0 Å². The predicted molar refractivity (Wildman–Crippen MR) is 73.5 cm³/mol. The van der Waals surface area contributed by atoms with Gasteiger partial charge in [0.2, 0.25) is 0 Å². The second kappa shape index (κ2) is 5.85. The van der Waals surface area contributed by atoms with E-state index in [0.29, 0.717) is 17.0 Å². The lowest BCUT2D eigenvalue weighted by Crippen LogP contribution is -2.04. The van der Waals surface area contributed by atoms with Crippen molar-refractivity contribution in [3.63, 3.8) is 0 Å². The second-order valence-corrected chi connectivity index (χ2v) is 5.50. The Hall–Kier alpha value is -1.89. The van der Waals surface area contributed by atoms with Crippen LogP contribution >= 0.6 is 11.3 Å². The van der Waals surface area contributed by atoms with E-state index in [1.54, 1.807) is 0 Å². The van der Waals surface area contributed by atoms with Crippen molar-refractivity contribution in [2.75, 3.05) is 0 Å². The van der Waals surface area contributed by atoms with Crippen molar-refractivity contribution in [2.45, 2.75) is 25.9 Å². The molecule has 1 heterocycles. The number of aromatic nitrogens is 1. The van der Waals surface area contributed by atoms with Crippen molar-refractivity contribution in [3.8, 4) is 11.3 Å². The number of carboxylic acid groups (broad SMARTS) is 1. The molecule has 3 nitrogen and oxygen atoms in total. The normalized spacial score (nSPS) is 11.6. The van der Waals surface area contributed by atoms with E-state index in [4.69, 9.17) is 0 Å². The summed E-state index contributed by atoms with van der Waals surface area (Å²) in [5.41, 5.74) is -0.171. The van der Waals surface area contributed by atoms with Crippen molar-refractivity contribution in [1.82, 2.24) is 4.98 Å². The van der Waals surface area contributed by atoms with Crippen LogP contribution in [0.15, 0.2) is 24.3 Å². The molecule has 21 heavy (non-hydrogen) atoms. The topological polar surface area (TPSA) is 50.2 Å². The molecule has 0 atom stereocenters. The summed E-state index contributed by atoms with van der Waals surface area (Å²) in [6.45, 7) is 1.94. The molecule has 0 saturated carbocycles. The van der Waals surface area contributed by atoms with E-state index in [1.807, 2.05) is 6.92 Å². The number of aromatic carboxylic acids is 1. The van der Waals surface area contributed by atoms with E-state index in [-0.39, 0.29) is 10.6 Å². The molecule has 0 unspecified atom stereocenters. The van der Waals surface area contributed by atoms with Crippen LogP contribution in [0.1, 0.15) is 33.6 Å². The molecule has 0 spiro atoms. The fourth-order valence-corrected chi connectivity index (χ4v) is 2.87. The predicted octanol–water partition coefficient (Wildman–Crippen LogP) is 4.48. The number of hydrogen-bond acceptors (Lipinski definition) is 3. The Morgan fingerprint density at radius 3 is 2.38 bits per heavy atom. The molecule has 0 saturated heterocycles. The number of thiazole rings is 1. The van der Waals surface area contributed by atoms with Gasteiger partial charge in [-0.1, -0.05) is 19.1 Å². The van der Waals surface area contributed by atoms with Crippen LogP contribution in [-0.4, -0.2) is 16.1 Å². The smallest absolute Gasteiger partial charge is 0.416 e. The summed E-state index contributed by atoms with van der Waals surface area (Å²) in [6.07, 6.45) is -2.95. The van der Waals surface area contributed by atoms with Gasteiger partial charge >= 0.3 is 12.1 Å². The van der Waals surface area contributed by atoms with Gasteiger partial charge in [-0.05, 0) is 25.0 Å². The van der Waals surface area contributed by atoms with E-state index in [9.17, 15) is 23.1 Å². The average molecular weight is 315 g/mol. The lowest BCUT2D eigenvalue weighted by atomic mass is 10.1. The van der Waals surface area contributed by atoms with Gasteiger partial charge in [-0.3, -0.25) is 0 Å². The SMILES string of the molecule is CCCc1nc(-c2ccc(C(F)(F)F)cc2)c(C(=O)O)s1. The highest BCUT2D eigenvalue weighted by molar-refractivity contribution is 7.14. The van der Waals surface area contributed by atoms with E-state index >= 15 is 0 Å². The van der Waals surface area contributed by atoms with Crippen LogP contribution in [-0.2, 0) is 12.6 Å². The van der Waals surface area contributed by atoms with Crippen LogP contribution in [0.5, 0.6) is 0 Å². The van der Waals surface area contributed by atoms with Crippen LogP contribution in [0.3, 0.4) is 0 Å². The molecule has 0 fully saturated rings. The Labute approximate surface area is 123 Å². The van der Waals surface area contributed by atoms with Crippen molar-refractivity contribution < 1.29 is 23.1 Å². The third-order valence-electron chi connectivity index (χ3n) is 2.82. The molecule has 2 aromatic rings. The maximum Gasteiger partial charge on any atom is 0.416 e. The second-order valence-electron chi connectivity index (χ2n) is 4.42. The lowest BCUT2D eigenvalue weighted by Gasteiger charge is -2.07. The number of halogens is 3. The summed E-state index contributed by atoms with van der Waals surface area (Å²) in [7, 11) is 0. The quantitative estimate of drug-likeness (QED) is 0.905. The molecule has 1 aromatic heterocycles. The molecule has 7 heteroatoms. The maximum absolute atomic E-state index is 12.5. The summed E-state index contributed by atoms with van der Waals surface area (Å²) < 4.78 is 37.6. The van der Waals surface area contributed by atoms with E-state index in [1.165, 1.54) is 12.1 Å². The number of carbonyl (C=O) groups is 1.